The summed E-state index contributed by atoms with van der Waals surface area (Å²) in [5.74, 6) is 0.747. The van der Waals surface area contributed by atoms with Crippen LogP contribution in [-0.4, -0.2) is 30.5 Å². The molecular formula is C21H20FN3O2. The molecule has 1 fully saturated rings. The van der Waals surface area contributed by atoms with E-state index in [0.717, 1.165) is 30.8 Å². The Kier molecular flexibility index (Phi) is 4.87. The van der Waals surface area contributed by atoms with Gasteiger partial charge in [-0.1, -0.05) is 12.1 Å². The lowest BCUT2D eigenvalue weighted by Crippen LogP contribution is -2.31. The van der Waals surface area contributed by atoms with Gasteiger partial charge in [-0.15, -0.1) is 0 Å². The van der Waals surface area contributed by atoms with Gasteiger partial charge in [0.1, 0.15) is 5.82 Å². The van der Waals surface area contributed by atoms with Crippen LogP contribution in [0.5, 0.6) is 0 Å². The van der Waals surface area contributed by atoms with E-state index in [1.807, 2.05) is 12.1 Å². The van der Waals surface area contributed by atoms with Crippen molar-refractivity contribution in [3.05, 3.63) is 72.5 Å². The fourth-order valence-electron chi connectivity index (χ4n) is 3.37. The van der Waals surface area contributed by atoms with E-state index in [0.29, 0.717) is 23.8 Å². The maximum absolute atomic E-state index is 13.1. The standard InChI is InChI=1S/C21H20FN3O2/c22-18-5-7-19(8-6-18)25-10-9-15(13-25)11-24-21(26)17-3-1-16(2-4-17)20-12-23-14-27-20/h1-8,12,14-15H,9-11,13H2,(H,24,26). The molecule has 1 aliphatic rings. The predicted octanol–water partition coefficient (Wildman–Crippen LogP) is 3.74. The number of carbonyl (C=O) groups is 1. The number of oxazole rings is 1. The second-order valence-electron chi connectivity index (χ2n) is 6.73. The second-order valence-corrected chi connectivity index (χ2v) is 6.73. The molecule has 2 heterocycles. The zero-order valence-electron chi connectivity index (χ0n) is 14.8. The highest BCUT2D eigenvalue weighted by Crippen LogP contribution is 2.24. The van der Waals surface area contributed by atoms with Crippen LogP contribution < -0.4 is 10.2 Å². The zero-order chi connectivity index (χ0) is 18.6. The minimum atomic E-state index is -0.226. The third-order valence-corrected chi connectivity index (χ3v) is 4.89. The summed E-state index contributed by atoms with van der Waals surface area (Å²) in [6.07, 6.45) is 4.02. The lowest BCUT2D eigenvalue weighted by Gasteiger charge is -2.18. The van der Waals surface area contributed by atoms with Gasteiger partial charge in [-0.3, -0.25) is 4.79 Å². The molecule has 27 heavy (non-hydrogen) atoms. The largest absolute Gasteiger partial charge is 0.444 e. The Morgan fingerprint density at radius 3 is 2.67 bits per heavy atom. The van der Waals surface area contributed by atoms with E-state index < -0.39 is 0 Å². The van der Waals surface area contributed by atoms with Crippen molar-refractivity contribution in [2.24, 2.45) is 5.92 Å². The van der Waals surface area contributed by atoms with Crippen LogP contribution in [0.15, 0.2) is 65.5 Å². The SMILES string of the molecule is O=C(NCC1CCN(c2ccc(F)cc2)C1)c1ccc(-c2cnco2)cc1. The number of halogens is 1. The highest BCUT2D eigenvalue weighted by atomic mass is 19.1. The summed E-state index contributed by atoms with van der Waals surface area (Å²) in [5, 5.41) is 3.01. The van der Waals surface area contributed by atoms with E-state index in [4.69, 9.17) is 4.42 Å². The number of hydrogen-bond donors (Lipinski definition) is 1. The second kappa shape index (κ2) is 7.61. The Bertz CT molecular complexity index is 892. The molecule has 0 saturated carbocycles. The molecule has 0 spiro atoms. The fourth-order valence-corrected chi connectivity index (χ4v) is 3.37. The molecule has 138 valence electrons. The van der Waals surface area contributed by atoms with Crippen LogP contribution in [-0.2, 0) is 0 Å². The van der Waals surface area contributed by atoms with Gasteiger partial charge in [0.05, 0.1) is 6.20 Å². The van der Waals surface area contributed by atoms with Gasteiger partial charge in [0.15, 0.2) is 12.2 Å². The lowest BCUT2D eigenvalue weighted by atomic mass is 10.1. The molecule has 0 bridgehead atoms. The molecule has 1 atom stereocenters. The molecule has 1 aromatic heterocycles. The van der Waals surface area contributed by atoms with Crippen molar-refractivity contribution < 1.29 is 13.6 Å². The van der Waals surface area contributed by atoms with Crippen molar-refractivity contribution in [1.29, 1.82) is 0 Å². The zero-order valence-corrected chi connectivity index (χ0v) is 14.8. The number of aromatic nitrogens is 1. The Morgan fingerprint density at radius 1 is 1.19 bits per heavy atom. The van der Waals surface area contributed by atoms with Gasteiger partial charge in [0, 0.05) is 36.4 Å². The van der Waals surface area contributed by atoms with Crippen molar-refractivity contribution in [3.63, 3.8) is 0 Å². The van der Waals surface area contributed by atoms with Crippen LogP contribution in [0.4, 0.5) is 10.1 Å². The lowest BCUT2D eigenvalue weighted by molar-refractivity contribution is 0.0948. The number of anilines is 1. The molecular weight excluding hydrogens is 345 g/mol. The average Bonchev–Trinajstić information content (AvgIpc) is 3.39. The summed E-state index contributed by atoms with van der Waals surface area (Å²) < 4.78 is 18.3. The van der Waals surface area contributed by atoms with Crippen molar-refractivity contribution in [1.82, 2.24) is 10.3 Å². The molecule has 3 aromatic rings. The minimum Gasteiger partial charge on any atom is -0.444 e. The van der Waals surface area contributed by atoms with Crippen LogP contribution >= 0.6 is 0 Å². The number of benzene rings is 2. The molecule has 6 heteroatoms. The van der Waals surface area contributed by atoms with Crippen molar-refractivity contribution >= 4 is 11.6 Å². The summed E-state index contributed by atoms with van der Waals surface area (Å²) in [6, 6.07) is 13.8. The third-order valence-electron chi connectivity index (χ3n) is 4.89. The van der Waals surface area contributed by atoms with Crippen LogP contribution in [0, 0.1) is 11.7 Å². The summed E-state index contributed by atoms with van der Waals surface area (Å²) in [5.41, 5.74) is 2.52. The first-order valence-electron chi connectivity index (χ1n) is 8.97. The Balaban J connectivity index is 1.30. The molecule has 1 N–H and O–H groups in total. The summed E-state index contributed by atoms with van der Waals surface area (Å²) in [4.78, 5) is 18.5. The average molecular weight is 365 g/mol. The minimum absolute atomic E-state index is 0.0839. The summed E-state index contributed by atoms with van der Waals surface area (Å²) in [6.45, 7) is 2.40. The molecule has 1 amide bonds. The van der Waals surface area contributed by atoms with E-state index >= 15 is 0 Å². The summed E-state index contributed by atoms with van der Waals surface area (Å²) in [7, 11) is 0. The topological polar surface area (TPSA) is 58.4 Å². The Labute approximate surface area is 156 Å². The normalized spacial score (nSPS) is 16.5. The van der Waals surface area contributed by atoms with Crippen LogP contribution in [0.3, 0.4) is 0 Å². The molecule has 1 saturated heterocycles. The molecule has 1 unspecified atom stereocenters. The van der Waals surface area contributed by atoms with Gasteiger partial charge >= 0.3 is 0 Å². The van der Waals surface area contributed by atoms with Gasteiger partial charge in [0.25, 0.3) is 5.91 Å². The number of nitrogens with zero attached hydrogens (tertiary/aromatic N) is 2. The number of amides is 1. The third kappa shape index (κ3) is 4.00. The first kappa shape index (κ1) is 17.3. The molecule has 5 nitrogen and oxygen atoms in total. The highest BCUT2D eigenvalue weighted by Gasteiger charge is 2.23. The Hall–Kier alpha value is -3.15. The van der Waals surface area contributed by atoms with Crippen molar-refractivity contribution in [2.45, 2.75) is 6.42 Å². The van der Waals surface area contributed by atoms with E-state index in [2.05, 4.69) is 15.2 Å². The van der Waals surface area contributed by atoms with Gasteiger partial charge in [-0.2, -0.15) is 0 Å². The van der Waals surface area contributed by atoms with E-state index in [1.165, 1.54) is 18.5 Å². The predicted molar refractivity (Wildman–Crippen MR) is 101 cm³/mol. The molecule has 1 aliphatic heterocycles. The van der Waals surface area contributed by atoms with E-state index in [9.17, 15) is 9.18 Å². The highest BCUT2D eigenvalue weighted by molar-refractivity contribution is 5.94. The monoisotopic (exact) mass is 365 g/mol. The van der Waals surface area contributed by atoms with Gasteiger partial charge in [0.2, 0.25) is 0 Å². The number of rotatable bonds is 5. The quantitative estimate of drug-likeness (QED) is 0.748. The maximum Gasteiger partial charge on any atom is 0.251 e. The van der Waals surface area contributed by atoms with Crippen molar-refractivity contribution in [2.75, 3.05) is 24.5 Å². The Morgan fingerprint density at radius 2 is 1.96 bits per heavy atom. The maximum atomic E-state index is 13.1. The molecule has 0 aliphatic carbocycles. The number of nitrogens with one attached hydrogen (secondary N) is 1. The van der Waals surface area contributed by atoms with Gasteiger partial charge in [-0.05, 0) is 48.7 Å². The number of hydrogen-bond acceptors (Lipinski definition) is 4. The number of carbonyl (C=O) groups excluding carboxylic acids is 1. The smallest absolute Gasteiger partial charge is 0.251 e. The first-order valence-corrected chi connectivity index (χ1v) is 8.97. The van der Waals surface area contributed by atoms with Crippen LogP contribution in [0.2, 0.25) is 0 Å². The van der Waals surface area contributed by atoms with Gasteiger partial charge < -0.3 is 14.6 Å². The fraction of sp³-hybridized carbons (Fsp3) is 0.238. The van der Waals surface area contributed by atoms with Crippen molar-refractivity contribution in [3.8, 4) is 11.3 Å². The molecule has 2 aromatic carbocycles. The summed E-state index contributed by atoms with van der Waals surface area (Å²) >= 11 is 0. The van der Waals surface area contributed by atoms with Gasteiger partial charge in [-0.25, -0.2) is 9.37 Å². The molecule has 4 rings (SSSR count). The van der Waals surface area contributed by atoms with E-state index in [1.54, 1.807) is 30.5 Å². The van der Waals surface area contributed by atoms with E-state index in [-0.39, 0.29) is 11.7 Å². The van der Waals surface area contributed by atoms with Crippen LogP contribution in [0.25, 0.3) is 11.3 Å². The first-order chi connectivity index (χ1) is 13.2. The molecule has 0 radical (unpaired) electrons. The van der Waals surface area contributed by atoms with Crippen LogP contribution in [0.1, 0.15) is 16.8 Å².